The molecule has 0 atom stereocenters. The van der Waals surface area contributed by atoms with Crippen LogP contribution in [-0.2, 0) is 16.6 Å². The quantitative estimate of drug-likeness (QED) is 0.734. The lowest BCUT2D eigenvalue weighted by Crippen LogP contribution is -2.14. The van der Waals surface area contributed by atoms with Gasteiger partial charge in [0.05, 0.1) is 5.69 Å². The topological polar surface area (TPSA) is 111 Å². The first-order valence-corrected chi connectivity index (χ1v) is 7.48. The summed E-state index contributed by atoms with van der Waals surface area (Å²) in [5.74, 6) is 0. The van der Waals surface area contributed by atoms with Crippen molar-refractivity contribution in [1.29, 1.82) is 0 Å². The highest BCUT2D eigenvalue weighted by atomic mass is 32.2. The van der Waals surface area contributed by atoms with Crippen LogP contribution in [0.5, 0.6) is 0 Å². The number of aryl methyl sites for hydroxylation is 1. The Balaban J connectivity index is 2.16. The number of hydrogen-bond donors (Lipinski definition) is 3. The van der Waals surface area contributed by atoms with Gasteiger partial charge < -0.3 is 11.1 Å². The van der Waals surface area contributed by atoms with Crippen molar-refractivity contribution in [2.45, 2.75) is 18.4 Å². The van der Waals surface area contributed by atoms with E-state index in [2.05, 4.69) is 10.3 Å². The first kappa shape index (κ1) is 14.3. The van der Waals surface area contributed by atoms with Gasteiger partial charge in [0, 0.05) is 24.6 Å². The maximum absolute atomic E-state index is 11.3. The zero-order valence-electron chi connectivity index (χ0n) is 11.0. The lowest BCUT2D eigenvalue weighted by Gasteiger charge is -2.10. The van der Waals surface area contributed by atoms with Crippen molar-refractivity contribution in [1.82, 2.24) is 4.98 Å². The lowest BCUT2D eigenvalue weighted by atomic mass is 10.1. The number of aromatic nitrogens is 1. The van der Waals surface area contributed by atoms with Gasteiger partial charge in [0.15, 0.2) is 0 Å². The normalized spacial score (nSPS) is 11.3. The summed E-state index contributed by atoms with van der Waals surface area (Å²) >= 11 is 0. The van der Waals surface area contributed by atoms with E-state index in [-0.39, 0.29) is 10.6 Å². The minimum Gasteiger partial charge on any atom is -0.398 e. The zero-order valence-corrected chi connectivity index (χ0v) is 11.8. The third-order valence-electron chi connectivity index (χ3n) is 2.94. The largest absolute Gasteiger partial charge is 0.398 e. The number of benzene rings is 1. The van der Waals surface area contributed by atoms with E-state index in [1.54, 1.807) is 24.5 Å². The van der Waals surface area contributed by atoms with E-state index in [1.807, 2.05) is 13.0 Å². The fraction of sp³-hybridized carbons (Fsp3) is 0.154. The smallest absolute Gasteiger partial charge is 0.240 e. The van der Waals surface area contributed by atoms with Crippen molar-refractivity contribution in [3.63, 3.8) is 0 Å². The van der Waals surface area contributed by atoms with E-state index in [0.717, 1.165) is 16.8 Å². The standard InChI is InChI=1S/C13H16N4O2S/c1-9-7-16-5-4-10(9)8-17-11-2-3-13(12(14)6-11)20(15,18)19/h2-7,17H,8,14H2,1H3,(H2,15,18,19). The SMILES string of the molecule is Cc1cnccc1CNc1ccc(S(N)(=O)=O)c(N)c1. The number of pyridine rings is 1. The molecule has 0 amide bonds. The molecule has 5 N–H and O–H groups in total. The van der Waals surface area contributed by atoms with Gasteiger partial charge in [-0.25, -0.2) is 13.6 Å². The molecule has 0 radical (unpaired) electrons. The highest BCUT2D eigenvalue weighted by Crippen LogP contribution is 2.22. The molecular weight excluding hydrogens is 276 g/mol. The molecule has 0 fully saturated rings. The molecule has 6 nitrogen and oxygen atoms in total. The molecule has 0 bridgehead atoms. The van der Waals surface area contributed by atoms with E-state index in [0.29, 0.717) is 6.54 Å². The summed E-state index contributed by atoms with van der Waals surface area (Å²) in [5, 5.41) is 8.24. The highest BCUT2D eigenvalue weighted by molar-refractivity contribution is 7.89. The van der Waals surface area contributed by atoms with Gasteiger partial charge in [-0.15, -0.1) is 0 Å². The van der Waals surface area contributed by atoms with Gasteiger partial charge >= 0.3 is 0 Å². The van der Waals surface area contributed by atoms with Gasteiger partial charge in [0.1, 0.15) is 4.90 Å². The Morgan fingerprint density at radius 3 is 2.65 bits per heavy atom. The number of sulfonamides is 1. The van der Waals surface area contributed by atoms with Crippen LogP contribution in [0.1, 0.15) is 11.1 Å². The van der Waals surface area contributed by atoms with Gasteiger partial charge in [-0.2, -0.15) is 0 Å². The molecule has 1 aromatic heterocycles. The molecule has 0 saturated heterocycles. The number of primary sulfonamides is 1. The average molecular weight is 292 g/mol. The Hall–Kier alpha value is -2.12. The van der Waals surface area contributed by atoms with Crippen LogP contribution in [0.4, 0.5) is 11.4 Å². The van der Waals surface area contributed by atoms with Gasteiger partial charge in [0.2, 0.25) is 10.0 Å². The number of hydrogen-bond acceptors (Lipinski definition) is 5. The molecule has 0 spiro atoms. The molecule has 2 rings (SSSR count). The molecule has 2 aromatic rings. The van der Waals surface area contributed by atoms with Crippen LogP contribution in [-0.4, -0.2) is 13.4 Å². The van der Waals surface area contributed by atoms with Crippen molar-refractivity contribution in [2.75, 3.05) is 11.1 Å². The Labute approximate surface area is 117 Å². The summed E-state index contributed by atoms with van der Waals surface area (Å²) in [5.41, 5.74) is 8.74. The van der Waals surface area contributed by atoms with Crippen LogP contribution in [0.15, 0.2) is 41.6 Å². The fourth-order valence-electron chi connectivity index (χ4n) is 1.82. The van der Waals surface area contributed by atoms with E-state index in [1.165, 1.54) is 6.07 Å². The number of nitrogens with two attached hydrogens (primary N) is 2. The second kappa shape index (κ2) is 5.48. The molecule has 0 aliphatic rings. The van der Waals surface area contributed by atoms with E-state index in [9.17, 15) is 8.42 Å². The van der Waals surface area contributed by atoms with Gasteiger partial charge in [-0.05, 0) is 42.3 Å². The zero-order chi connectivity index (χ0) is 14.8. The number of nitrogens with zero attached hydrogens (tertiary/aromatic N) is 1. The summed E-state index contributed by atoms with van der Waals surface area (Å²) in [6.45, 7) is 2.57. The predicted octanol–water partition coefficient (Wildman–Crippen LogP) is 1.23. The van der Waals surface area contributed by atoms with Crippen molar-refractivity contribution in [3.05, 3.63) is 47.8 Å². The third kappa shape index (κ3) is 3.25. The summed E-state index contributed by atoms with van der Waals surface area (Å²) in [6, 6.07) is 6.50. The molecule has 0 saturated carbocycles. The Kier molecular flexibility index (Phi) is 3.91. The number of nitrogen functional groups attached to an aromatic ring is 1. The average Bonchev–Trinajstić information content (AvgIpc) is 2.36. The van der Waals surface area contributed by atoms with E-state index in [4.69, 9.17) is 10.9 Å². The lowest BCUT2D eigenvalue weighted by molar-refractivity contribution is 0.598. The van der Waals surface area contributed by atoms with Crippen LogP contribution in [0.2, 0.25) is 0 Å². The van der Waals surface area contributed by atoms with Crippen LogP contribution in [0.25, 0.3) is 0 Å². The van der Waals surface area contributed by atoms with E-state index >= 15 is 0 Å². The minimum absolute atomic E-state index is 0.0665. The molecule has 0 aliphatic heterocycles. The summed E-state index contributed by atoms with van der Waals surface area (Å²) in [7, 11) is -3.79. The highest BCUT2D eigenvalue weighted by Gasteiger charge is 2.12. The minimum atomic E-state index is -3.79. The molecule has 7 heteroatoms. The first-order chi connectivity index (χ1) is 9.38. The Morgan fingerprint density at radius 1 is 1.30 bits per heavy atom. The molecule has 1 heterocycles. The molecule has 1 aromatic carbocycles. The number of anilines is 2. The number of rotatable bonds is 4. The maximum atomic E-state index is 11.3. The van der Waals surface area contributed by atoms with Crippen molar-refractivity contribution in [2.24, 2.45) is 5.14 Å². The predicted molar refractivity (Wildman–Crippen MR) is 78.5 cm³/mol. The van der Waals surface area contributed by atoms with Gasteiger partial charge in [-0.1, -0.05) is 0 Å². The second-order valence-electron chi connectivity index (χ2n) is 4.45. The Bertz CT molecular complexity index is 729. The van der Waals surface area contributed by atoms with Crippen LogP contribution in [0, 0.1) is 6.92 Å². The van der Waals surface area contributed by atoms with Crippen LogP contribution < -0.4 is 16.2 Å². The van der Waals surface area contributed by atoms with Crippen molar-refractivity contribution >= 4 is 21.4 Å². The van der Waals surface area contributed by atoms with Crippen molar-refractivity contribution < 1.29 is 8.42 Å². The molecular formula is C13H16N4O2S. The second-order valence-corrected chi connectivity index (χ2v) is 5.98. The summed E-state index contributed by atoms with van der Waals surface area (Å²) < 4.78 is 22.5. The first-order valence-electron chi connectivity index (χ1n) is 5.93. The van der Waals surface area contributed by atoms with E-state index < -0.39 is 10.0 Å². The number of nitrogens with one attached hydrogen (secondary N) is 1. The summed E-state index contributed by atoms with van der Waals surface area (Å²) in [4.78, 5) is 3.96. The van der Waals surface area contributed by atoms with Crippen LogP contribution >= 0.6 is 0 Å². The molecule has 20 heavy (non-hydrogen) atoms. The molecule has 106 valence electrons. The fourth-order valence-corrected chi connectivity index (χ4v) is 2.46. The van der Waals surface area contributed by atoms with Crippen molar-refractivity contribution in [3.8, 4) is 0 Å². The Morgan fingerprint density at radius 2 is 2.05 bits per heavy atom. The van der Waals surface area contributed by atoms with Gasteiger partial charge in [-0.3, -0.25) is 4.98 Å². The maximum Gasteiger partial charge on any atom is 0.240 e. The van der Waals surface area contributed by atoms with Crippen LogP contribution in [0.3, 0.4) is 0 Å². The van der Waals surface area contributed by atoms with Gasteiger partial charge in [0.25, 0.3) is 0 Å². The summed E-state index contributed by atoms with van der Waals surface area (Å²) in [6.07, 6.45) is 3.51. The third-order valence-corrected chi connectivity index (χ3v) is 3.92. The molecule has 0 unspecified atom stereocenters. The monoisotopic (exact) mass is 292 g/mol. The molecule has 0 aliphatic carbocycles.